The first kappa shape index (κ1) is 12.5. The maximum Gasteiger partial charge on any atom is 0.258 e. The molecule has 0 saturated carbocycles. The summed E-state index contributed by atoms with van der Waals surface area (Å²) >= 11 is 5.82. The predicted molar refractivity (Wildman–Crippen MR) is 68.9 cm³/mol. The lowest BCUT2D eigenvalue weighted by Crippen LogP contribution is -2.44. The Morgan fingerprint density at radius 2 is 2.16 bits per heavy atom. The molecule has 3 rings (SSSR count). The number of amides is 2. The third kappa shape index (κ3) is 2.23. The van der Waals surface area contributed by atoms with Gasteiger partial charge in [0, 0.05) is 26.1 Å². The zero-order chi connectivity index (χ0) is 13.5. The lowest BCUT2D eigenvalue weighted by atomic mass is 9.77. The van der Waals surface area contributed by atoms with E-state index in [1.807, 2.05) is 0 Å². The smallest absolute Gasteiger partial charge is 0.258 e. The Kier molecular flexibility index (Phi) is 3.01. The van der Waals surface area contributed by atoms with Crippen molar-refractivity contribution in [3.05, 3.63) is 23.1 Å². The van der Waals surface area contributed by atoms with Gasteiger partial charge in [0.1, 0.15) is 0 Å². The summed E-state index contributed by atoms with van der Waals surface area (Å²) in [5, 5.41) is 3.02. The second kappa shape index (κ2) is 4.56. The molecular weight excluding hydrogens is 268 g/mol. The van der Waals surface area contributed by atoms with Crippen molar-refractivity contribution < 1.29 is 14.0 Å². The summed E-state index contributed by atoms with van der Waals surface area (Å²) in [6.07, 6.45) is 3.71. The van der Waals surface area contributed by atoms with Gasteiger partial charge in [0.05, 0.1) is 11.8 Å². The summed E-state index contributed by atoms with van der Waals surface area (Å²) < 4.78 is 4.95. The predicted octanol–water partition coefficient (Wildman–Crippen LogP) is 1.68. The molecule has 19 heavy (non-hydrogen) atoms. The van der Waals surface area contributed by atoms with Crippen molar-refractivity contribution in [1.82, 2.24) is 10.2 Å². The number of piperidine rings is 1. The maximum atomic E-state index is 12.2. The molecule has 0 aliphatic carbocycles. The molecule has 0 atom stereocenters. The number of halogens is 1. The summed E-state index contributed by atoms with van der Waals surface area (Å²) in [5.41, 5.74) is 0.465. The van der Waals surface area contributed by atoms with Gasteiger partial charge in [0.15, 0.2) is 0 Å². The summed E-state index contributed by atoms with van der Waals surface area (Å²) in [6, 6.07) is 1.59. The average molecular weight is 283 g/mol. The number of carbonyl (C=O) groups excluding carboxylic acids is 2. The summed E-state index contributed by atoms with van der Waals surface area (Å²) in [6.45, 7) is 2.06. The number of likely N-dealkylation sites (tertiary alicyclic amines) is 1. The summed E-state index contributed by atoms with van der Waals surface area (Å²) in [5.74, 6) is 0.0311. The molecule has 0 unspecified atom stereocenters. The van der Waals surface area contributed by atoms with Gasteiger partial charge in [-0.2, -0.15) is 0 Å². The number of furan rings is 1. The molecule has 1 aromatic heterocycles. The molecule has 1 N–H and O–H groups in total. The highest BCUT2D eigenvalue weighted by Gasteiger charge is 2.41. The van der Waals surface area contributed by atoms with E-state index in [0.717, 1.165) is 19.4 Å². The molecule has 1 aromatic rings. The van der Waals surface area contributed by atoms with Crippen LogP contribution in [0.2, 0.25) is 5.22 Å². The van der Waals surface area contributed by atoms with Crippen LogP contribution in [-0.2, 0) is 4.79 Å². The molecule has 6 heteroatoms. The number of hydrogen-bond acceptors (Lipinski definition) is 3. The summed E-state index contributed by atoms with van der Waals surface area (Å²) in [4.78, 5) is 25.4. The maximum absolute atomic E-state index is 12.2. The highest BCUT2D eigenvalue weighted by molar-refractivity contribution is 6.32. The van der Waals surface area contributed by atoms with Gasteiger partial charge in [0.2, 0.25) is 11.1 Å². The molecule has 2 aliphatic heterocycles. The molecule has 1 spiro atoms. The second-order valence-electron chi connectivity index (χ2n) is 5.35. The lowest BCUT2D eigenvalue weighted by molar-refractivity contribution is -0.119. The van der Waals surface area contributed by atoms with E-state index >= 15 is 0 Å². The van der Waals surface area contributed by atoms with Gasteiger partial charge in [-0.15, -0.1) is 0 Å². The van der Waals surface area contributed by atoms with Gasteiger partial charge < -0.3 is 14.6 Å². The highest BCUT2D eigenvalue weighted by atomic mass is 35.5. The van der Waals surface area contributed by atoms with E-state index in [1.165, 1.54) is 6.26 Å². The topological polar surface area (TPSA) is 62.6 Å². The van der Waals surface area contributed by atoms with Gasteiger partial charge >= 0.3 is 0 Å². The average Bonchev–Trinajstić information content (AvgIpc) is 2.97. The van der Waals surface area contributed by atoms with Crippen LogP contribution in [0.4, 0.5) is 0 Å². The van der Waals surface area contributed by atoms with Crippen LogP contribution in [0.1, 0.15) is 29.6 Å². The Morgan fingerprint density at radius 1 is 1.42 bits per heavy atom. The van der Waals surface area contributed by atoms with E-state index in [9.17, 15) is 9.59 Å². The van der Waals surface area contributed by atoms with Crippen LogP contribution in [0.3, 0.4) is 0 Å². The number of carbonyl (C=O) groups is 2. The van der Waals surface area contributed by atoms with E-state index in [0.29, 0.717) is 25.1 Å². The Bertz CT molecular complexity index is 518. The zero-order valence-electron chi connectivity index (χ0n) is 10.4. The van der Waals surface area contributed by atoms with Crippen LogP contribution in [-0.4, -0.2) is 36.3 Å². The first-order valence-electron chi connectivity index (χ1n) is 6.39. The second-order valence-corrected chi connectivity index (χ2v) is 5.70. The van der Waals surface area contributed by atoms with E-state index in [1.54, 1.807) is 11.0 Å². The Morgan fingerprint density at radius 3 is 2.68 bits per heavy atom. The number of rotatable bonds is 1. The van der Waals surface area contributed by atoms with Crippen LogP contribution >= 0.6 is 11.6 Å². The molecule has 5 nitrogen and oxygen atoms in total. The van der Waals surface area contributed by atoms with Gasteiger partial charge in [-0.3, -0.25) is 9.59 Å². The minimum atomic E-state index is -0.0918. The highest BCUT2D eigenvalue weighted by Crippen LogP contribution is 2.38. The van der Waals surface area contributed by atoms with Crippen LogP contribution < -0.4 is 5.32 Å². The Labute approximate surface area is 115 Å². The molecule has 2 fully saturated rings. The van der Waals surface area contributed by atoms with Crippen LogP contribution in [0, 0.1) is 5.41 Å². The third-order valence-electron chi connectivity index (χ3n) is 4.16. The normalized spacial score (nSPS) is 21.7. The lowest BCUT2D eigenvalue weighted by Gasteiger charge is -2.38. The van der Waals surface area contributed by atoms with Crippen molar-refractivity contribution in [1.29, 1.82) is 0 Å². The molecule has 0 bridgehead atoms. The zero-order valence-corrected chi connectivity index (χ0v) is 11.2. The van der Waals surface area contributed by atoms with Crippen LogP contribution in [0.5, 0.6) is 0 Å². The van der Waals surface area contributed by atoms with Crippen LogP contribution in [0.25, 0.3) is 0 Å². The van der Waals surface area contributed by atoms with E-state index < -0.39 is 0 Å². The van der Waals surface area contributed by atoms with Crippen molar-refractivity contribution in [3.8, 4) is 0 Å². The van der Waals surface area contributed by atoms with Crippen molar-refractivity contribution in [2.24, 2.45) is 5.41 Å². The van der Waals surface area contributed by atoms with E-state index in [-0.39, 0.29) is 22.4 Å². The third-order valence-corrected chi connectivity index (χ3v) is 4.45. The molecular formula is C13H15ClN2O3. The molecule has 3 heterocycles. The fourth-order valence-electron chi connectivity index (χ4n) is 2.91. The first-order valence-corrected chi connectivity index (χ1v) is 6.76. The minimum absolute atomic E-state index is 0.0497. The summed E-state index contributed by atoms with van der Waals surface area (Å²) in [7, 11) is 0. The number of hydrogen-bond donors (Lipinski definition) is 1. The largest absolute Gasteiger partial charge is 0.452 e. The van der Waals surface area contributed by atoms with Crippen molar-refractivity contribution >= 4 is 23.4 Å². The van der Waals surface area contributed by atoms with E-state index in [4.69, 9.17) is 16.0 Å². The van der Waals surface area contributed by atoms with Gasteiger partial charge in [0.25, 0.3) is 5.91 Å². The Balaban J connectivity index is 1.66. The van der Waals surface area contributed by atoms with Gasteiger partial charge in [-0.05, 0) is 35.9 Å². The monoisotopic (exact) mass is 282 g/mol. The standard InChI is InChI=1S/C13H15ClN2O3/c14-11-9(1-6-19-11)12(18)16-4-2-13(3-5-16)7-10(17)15-8-13/h1,6H,2-5,7-8H2,(H,15,17). The van der Waals surface area contributed by atoms with Crippen molar-refractivity contribution in [2.75, 3.05) is 19.6 Å². The molecule has 0 radical (unpaired) electrons. The van der Waals surface area contributed by atoms with Gasteiger partial charge in [-0.25, -0.2) is 0 Å². The molecule has 2 amide bonds. The number of nitrogens with zero attached hydrogens (tertiary/aromatic N) is 1. The van der Waals surface area contributed by atoms with Crippen LogP contribution in [0.15, 0.2) is 16.7 Å². The molecule has 2 aliphatic rings. The molecule has 102 valence electrons. The fraction of sp³-hybridized carbons (Fsp3) is 0.538. The first-order chi connectivity index (χ1) is 9.10. The SMILES string of the molecule is O=C1CC2(CCN(C(=O)c3ccoc3Cl)CC2)CN1. The Hall–Kier alpha value is -1.49. The fourth-order valence-corrected chi connectivity index (χ4v) is 3.10. The van der Waals surface area contributed by atoms with E-state index in [2.05, 4.69) is 5.32 Å². The quantitative estimate of drug-likeness (QED) is 0.852. The molecule has 2 saturated heterocycles. The van der Waals surface area contributed by atoms with Crippen molar-refractivity contribution in [2.45, 2.75) is 19.3 Å². The van der Waals surface area contributed by atoms with Crippen molar-refractivity contribution in [3.63, 3.8) is 0 Å². The number of nitrogens with one attached hydrogen (secondary N) is 1. The molecule has 0 aromatic carbocycles. The minimum Gasteiger partial charge on any atom is -0.452 e. The van der Waals surface area contributed by atoms with Gasteiger partial charge in [-0.1, -0.05) is 0 Å².